The maximum absolute atomic E-state index is 12.1. The molecule has 0 saturated carbocycles. The Morgan fingerprint density at radius 3 is 2.57 bits per heavy atom. The van der Waals surface area contributed by atoms with E-state index in [9.17, 15) is 4.79 Å². The summed E-state index contributed by atoms with van der Waals surface area (Å²) in [5.74, 6) is 0.100. The third-order valence-electron chi connectivity index (χ3n) is 3.12. The van der Waals surface area contributed by atoms with Gasteiger partial charge in [-0.25, -0.2) is 4.98 Å². The number of aromatic nitrogens is 2. The lowest BCUT2D eigenvalue weighted by Crippen LogP contribution is -2.34. The van der Waals surface area contributed by atoms with Crippen molar-refractivity contribution in [3.05, 3.63) is 35.6 Å². The standard InChI is InChI=1S/C15H20N4OS/c1-18(2)8-9-19(3)14(20)10-13-11-21-15(17-13)12-4-6-16-7-5-12/h4-7,11H,8-10H2,1-3H3. The van der Waals surface area contributed by atoms with Crippen molar-refractivity contribution < 1.29 is 4.79 Å². The first-order valence-electron chi connectivity index (χ1n) is 6.80. The average molecular weight is 304 g/mol. The Balaban J connectivity index is 1.95. The average Bonchev–Trinajstić information content (AvgIpc) is 2.94. The third-order valence-corrected chi connectivity index (χ3v) is 4.06. The summed E-state index contributed by atoms with van der Waals surface area (Å²) in [6.07, 6.45) is 3.85. The van der Waals surface area contributed by atoms with Gasteiger partial charge in [0.2, 0.25) is 5.91 Å². The van der Waals surface area contributed by atoms with Crippen molar-refractivity contribution in [1.29, 1.82) is 0 Å². The number of pyridine rings is 1. The van der Waals surface area contributed by atoms with Crippen LogP contribution in [0.4, 0.5) is 0 Å². The SMILES string of the molecule is CN(C)CCN(C)C(=O)Cc1csc(-c2ccncc2)n1. The van der Waals surface area contributed by atoms with Crippen molar-refractivity contribution >= 4 is 17.2 Å². The topological polar surface area (TPSA) is 49.3 Å². The molecule has 6 heteroatoms. The summed E-state index contributed by atoms with van der Waals surface area (Å²) in [5, 5.41) is 2.88. The highest BCUT2D eigenvalue weighted by Crippen LogP contribution is 2.23. The molecule has 2 heterocycles. The van der Waals surface area contributed by atoms with Gasteiger partial charge in [0.15, 0.2) is 0 Å². The summed E-state index contributed by atoms with van der Waals surface area (Å²) in [4.78, 5) is 24.5. The normalized spacial score (nSPS) is 10.9. The van der Waals surface area contributed by atoms with Crippen molar-refractivity contribution in [3.8, 4) is 10.6 Å². The van der Waals surface area contributed by atoms with E-state index < -0.39 is 0 Å². The minimum Gasteiger partial charge on any atom is -0.344 e. The smallest absolute Gasteiger partial charge is 0.228 e. The Morgan fingerprint density at radius 1 is 1.19 bits per heavy atom. The molecule has 2 aromatic heterocycles. The predicted molar refractivity (Wildman–Crippen MR) is 85.2 cm³/mol. The molecular weight excluding hydrogens is 284 g/mol. The number of carbonyl (C=O) groups is 1. The lowest BCUT2D eigenvalue weighted by Gasteiger charge is -2.19. The van der Waals surface area contributed by atoms with Gasteiger partial charge in [-0.1, -0.05) is 0 Å². The molecule has 21 heavy (non-hydrogen) atoms. The van der Waals surface area contributed by atoms with E-state index in [1.54, 1.807) is 28.6 Å². The van der Waals surface area contributed by atoms with Crippen molar-refractivity contribution in [2.45, 2.75) is 6.42 Å². The molecular formula is C15H20N4OS. The quantitative estimate of drug-likeness (QED) is 0.816. The Kier molecular flexibility index (Phi) is 5.41. The van der Waals surface area contributed by atoms with Crippen LogP contribution in [-0.2, 0) is 11.2 Å². The van der Waals surface area contributed by atoms with E-state index in [0.29, 0.717) is 6.42 Å². The molecule has 0 atom stereocenters. The number of likely N-dealkylation sites (N-methyl/N-ethyl adjacent to an activating group) is 2. The van der Waals surface area contributed by atoms with E-state index in [2.05, 4.69) is 14.9 Å². The first-order chi connectivity index (χ1) is 10.1. The molecule has 2 rings (SSSR count). The van der Waals surface area contributed by atoms with E-state index >= 15 is 0 Å². The molecule has 0 unspecified atom stereocenters. The molecule has 2 aromatic rings. The highest BCUT2D eigenvalue weighted by molar-refractivity contribution is 7.13. The second kappa shape index (κ2) is 7.28. The minimum atomic E-state index is 0.100. The zero-order chi connectivity index (χ0) is 15.2. The number of nitrogens with zero attached hydrogens (tertiary/aromatic N) is 4. The summed E-state index contributed by atoms with van der Waals surface area (Å²) in [6, 6.07) is 3.85. The molecule has 0 aliphatic heterocycles. The van der Waals surface area contributed by atoms with Crippen LogP contribution in [0.3, 0.4) is 0 Å². The summed E-state index contributed by atoms with van der Waals surface area (Å²) >= 11 is 1.56. The lowest BCUT2D eigenvalue weighted by molar-refractivity contribution is -0.129. The monoisotopic (exact) mass is 304 g/mol. The van der Waals surface area contributed by atoms with Gasteiger partial charge >= 0.3 is 0 Å². The molecule has 5 nitrogen and oxygen atoms in total. The van der Waals surface area contributed by atoms with E-state index in [1.165, 1.54) is 0 Å². The van der Waals surface area contributed by atoms with Crippen LogP contribution in [0.15, 0.2) is 29.9 Å². The van der Waals surface area contributed by atoms with E-state index in [1.807, 2.05) is 38.7 Å². The number of hydrogen-bond donors (Lipinski definition) is 0. The van der Waals surface area contributed by atoms with Gasteiger partial charge < -0.3 is 9.80 Å². The predicted octanol–water partition coefficient (Wildman–Crippen LogP) is 1.77. The summed E-state index contributed by atoms with van der Waals surface area (Å²) in [5.41, 5.74) is 1.86. The van der Waals surface area contributed by atoms with Gasteiger partial charge in [-0.3, -0.25) is 9.78 Å². The number of thiazole rings is 1. The Hall–Kier alpha value is -1.79. The molecule has 0 aromatic carbocycles. The molecule has 0 spiro atoms. The lowest BCUT2D eigenvalue weighted by atomic mass is 10.2. The van der Waals surface area contributed by atoms with Crippen LogP contribution in [0, 0.1) is 0 Å². The van der Waals surface area contributed by atoms with Gasteiger partial charge in [-0.15, -0.1) is 11.3 Å². The van der Waals surface area contributed by atoms with Crippen molar-refractivity contribution in [2.75, 3.05) is 34.2 Å². The van der Waals surface area contributed by atoms with Gasteiger partial charge in [0, 0.05) is 43.5 Å². The van der Waals surface area contributed by atoms with Gasteiger partial charge in [0.1, 0.15) is 5.01 Å². The zero-order valence-electron chi connectivity index (χ0n) is 12.6. The molecule has 0 saturated heterocycles. The first-order valence-corrected chi connectivity index (χ1v) is 7.67. The fourth-order valence-electron chi connectivity index (χ4n) is 1.78. The first kappa shape index (κ1) is 15.6. The van der Waals surface area contributed by atoms with Gasteiger partial charge in [0.25, 0.3) is 0 Å². The van der Waals surface area contributed by atoms with Crippen LogP contribution >= 0.6 is 11.3 Å². The molecule has 0 aliphatic carbocycles. The highest BCUT2D eigenvalue weighted by Gasteiger charge is 2.12. The van der Waals surface area contributed by atoms with Crippen LogP contribution in [0.5, 0.6) is 0 Å². The largest absolute Gasteiger partial charge is 0.344 e. The van der Waals surface area contributed by atoms with Crippen LogP contribution < -0.4 is 0 Å². The molecule has 0 radical (unpaired) electrons. The Morgan fingerprint density at radius 2 is 1.90 bits per heavy atom. The van der Waals surface area contributed by atoms with Gasteiger partial charge in [-0.05, 0) is 26.2 Å². The molecule has 0 bridgehead atoms. The van der Waals surface area contributed by atoms with Crippen molar-refractivity contribution in [2.24, 2.45) is 0 Å². The Labute approximate surface area is 129 Å². The molecule has 1 amide bonds. The second-order valence-electron chi connectivity index (χ2n) is 5.18. The fourth-order valence-corrected chi connectivity index (χ4v) is 2.61. The Bertz CT molecular complexity index is 582. The van der Waals surface area contributed by atoms with Crippen LogP contribution in [-0.4, -0.2) is 59.9 Å². The van der Waals surface area contributed by atoms with Crippen LogP contribution in [0.2, 0.25) is 0 Å². The fraction of sp³-hybridized carbons (Fsp3) is 0.400. The molecule has 0 fully saturated rings. The van der Waals surface area contributed by atoms with Crippen molar-refractivity contribution in [1.82, 2.24) is 19.8 Å². The highest BCUT2D eigenvalue weighted by atomic mass is 32.1. The zero-order valence-corrected chi connectivity index (χ0v) is 13.4. The minimum absolute atomic E-state index is 0.100. The van der Waals surface area contributed by atoms with Crippen molar-refractivity contribution in [3.63, 3.8) is 0 Å². The number of carbonyl (C=O) groups excluding carboxylic acids is 1. The molecule has 0 N–H and O–H groups in total. The molecule has 112 valence electrons. The summed E-state index contributed by atoms with van der Waals surface area (Å²) in [7, 11) is 5.83. The maximum atomic E-state index is 12.1. The van der Waals surface area contributed by atoms with Crippen LogP contribution in [0.1, 0.15) is 5.69 Å². The summed E-state index contributed by atoms with van der Waals surface area (Å²) in [6.45, 7) is 1.59. The number of rotatable bonds is 6. The maximum Gasteiger partial charge on any atom is 0.228 e. The van der Waals surface area contributed by atoms with Crippen LogP contribution in [0.25, 0.3) is 10.6 Å². The third kappa shape index (κ3) is 4.61. The van der Waals surface area contributed by atoms with E-state index in [-0.39, 0.29) is 5.91 Å². The summed E-state index contributed by atoms with van der Waals surface area (Å²) < 4.78 is 0. The van der Waals surface area contributed by atoms with Gasteiger partial charge in [0.05, 0.1) is 12.1 Å². The molecule has 0 aliphatic rings. The van der Waals surface area contributed by atoms with E-state index in [0.717, 1.165) is 29.4 Å². The number of amides is 1. The second-order valence-corrected chi connectivity index (χ2v) is 6.03. The van der Waals surface area contributed by atoms with E-state index in [4.69, 9.17) is 0 Å². The van der Waals surface area contributed by atoms with Gasteiger partial charge in [-0.2, -0.15) is 0 Å². The number of hydrogen-bond acceptors (Lipinski definition) is 5.